The molecule has 2 aromatic rings. The first kappa shape index (κ1) is 19.5. The lowest BCUT2D eigenvalue weighted by Crippen LogP contribution is -2.39. The van der Waals surface area contributed by atoms with Crippen LogP contribution in [-0.4, -0.2) is 23.9 Å². The van der Waals surface area contributed by atoms with Crippen LogP contribution in [-0.2, 0) is 4.79 Å². The molecule has 0 radical (unpaired) electrons. The first-order valence-corrected chi connectivity index (χ1v) is 8.75. The molecule has 3 amide bonds. The third kappa shape index (κ3) is 5.09. The number of benzene rings is 2. The van der Waals surface area contributed by atoms with Gasteiger partial charge in [-0.05, 0) is 44.0 Å². The van der Waals surface area contributed by atoms with E-state index < -0.39 is 0 Å². The smallest absolute Gasteiger partial charge is 0.318 e. The van der Waals surface area contributed by atoms with Crippen molar-refractivity contribution in [1.82, 2.24) is 10.2 Å². The quantitative estimate of drug-likeness (QED) is 0.836. The molecule has 0 aromatic heterocycles. The van der Waals surface area contributed by atoms with Gasteiger partial charge in [0.1, 0.15) is 0 Å². The van der Waals surface area contributed by atoms with Crippen LogP contribution in [0.2, 0.25) is 0 Å². The van der Waals surface area contributed by atoms with E-state index in [0.29, 0.717) is 0 Å². The van der Waals surface area contributed by atoms with Gasteiger partial charge in [-0.1, -0.05) is 42.0 Å². The third-order valence-electron chi connectivity index (χ3n) is 4.51. The number of rotatable bonds is 5. The zero-order valence-electron chi connectivity index (χ0n) is 16.0. The number of urea groups is 1. The van der Waals surface area contributed by atoms with Gasteiger partial charge in [0.25, 0.3) is 0 Å². The zero-order valence-corrected chi connectivity index (χ0v) is 16.0. The van der Waals surface area contributed by atoms with Crippen LogP contribution in [0.25, 0.3) is 0 Å². The summed E-state index contributed by atoms with van der Waals surface area (Å²) in [7, 11) is 1.79. The normalized spacial score (nSPS) is 12.8. The first-order valence-electron chi connectivity index (χ1n) is 8.75. The molecular formula is C21H27N3O2. The number of nitrogens with zero attached hydrogens (tertiary/aromatic N) is 1. The summed E-state index contributed by atoms with van der Waals surface area (Å²) in [5.74, 6) is -0.120. The van der Waals surface area contributed by atoms with Gasteiger partial charge in [0.15, 0.2) is 0 Å². The van der Waals surface area contributed by atoms with Gasteiger partial charge in [0, 0.05) is 19.7 Å². The van der Waals surface area contributed by atoms with Gasteiger partial charge in [-0.25, -0.2) is 4.79 Å². The third-order valence-corrected chi connectivity index (χ3v) is 4.51. The molecule has 0 unspecified atom stereocenters. The fraction of sp³-hybridized carbons (Fsp3) is 0.333. The summed E-state index contributed by atoms with van der Waals surface area (Å²) in [5, 5.41) is 5.77. The lowest BCUT2D eigenvalue weighted by molar-refractivity contribution is -0.114. The van der Waals surface area contributed by atoms with Crippen LogP contribution in [0.3, 0.4) is 0 Å². The fourth-order valence-electron chi connectivity index (χ4n) is 2.70. The number of carbonyl (C=O) groups excluding carboxylic acids is 2. The highest BCUT2D eigenvalue weighted by Gasteiger charge is 2.19. The Morgan fingerprint density at radius 1 is 1.00 bits per heavy atom. The van der Waals surface area contributed by atoms with Crippen LogP contribution >= 0.6 is 0 Å². The number of anilines is 1. The van der Waals surface area contributed by atoms with E-state index in [9.17, 15) is 9.59 Å². The highest BCUT2D eigenvalue weighted by atomic mass is 16.2. The minimum atomic E-state index is -0.177. The molecular weight excluding hydrogens is 326 g/mol. The zero-order chi connectivity index (χ0) is 19.3. The molecule has 2 rings (SSSR count). The molecule has 2 N–H and O–H groups in total. The minimum Gasteiger partial charge on any atom is -0.331 e. The minimum absolute atomic E-state index is 0.0338. The van der Waals surface area contributed by atoms with E-state index >= 15 is 0 Å². The Hall–Kier alpha value is -2.82. The van der Waals surface area contributed by atoms with E-state index in [2.05, 4.69) is 10.6 Å². The lowest BCUT2D eigenvalue weighted by atomic mass is 10.1. The summed E-state index contributed by atoms with van der Waals surface area (Å²) in [6.07, 6.45) is 0. The van der Waals surface area contributed by atoms with Crippen molar-refractivity contribution in [2.24, 2.45) is 0 Å². The molecule has 0 aliphatic heterocycles. The summed E-state index contributed by atoms with van der Waals surface area (Å²) in [6, 6.07) is 15.3. The van der Waals surface area contributed by atoms with E-state index in [1.54, 1.807) is 11.9 Å². The summed E-state index contributed by atoms with van der Waals surface area (Å²) < 4.78 is 0. The van der Waals surface area contributed by atoms with Crippen molar-refractivity contribution < 1.29 is 9.59 Å². The largest absolute Gasteiger partial charge is 0.331 e. The van der Waals surface area contributed by atoms with E-state index in [1.807, 2.05) is 69.3 Å². The average molecular weight is 353 g/mol. The molecule has 0 saturated carbocycles. The number of carbonyl (C=O) groups is 2. The van der Waals surface area contributed by atoms with Crippen molar-refractivity contribution in [3.63, 3.8) is 0 Å². The number of aryl methyl sites for hydroxylation is 1. The fourth-order valence-corrected chi connectivity index (χ4v) is 2.70. The first-order chi connectivity index (χ1) is 12.3. The summed E-state index contributed by atoms with van der Waals surface area (Å²) in [4.78, 5) is 25.5. The van der Waals surface area contributed by atoms with Gasteiger partial charge in [-0.15, -0.1) is 0 Å². The standard InChI is InChI=1S/C21H27N3O2/c1-14-9-11-18(12-10-14)16(3)24(5)21(26)22-15(2)19-7-6-8-20(13-19)23-17(4)25/h6-13,15-16H,1-5H3,(H,22,26)(H,23,25)/t15-,16-/m0/s1. The van der Waals surface area contributed by atoms with Crippen LogP contribution < -0.4 is 10.6 Å². The van der Waals surface area contributed by atoms with E-state index in [-0.39, 0.29) is 24.0 Å². The van der Waals surface area contributed by atoms with Crippen LogP contribution in [0, 0.1) is 6.92 Å². The van der Waals surface area contributed by atoms with Gasteiger partial charge in [-0.2, -0.15) is 0 Å². The Labute approximate surface area is 155 Å². The second kappa shape index (κ2) is 8.52. The molecule has 0 fully saturated rings. The van der Waals surface area contributed by atoms with Crippen LogP contribution in [0.5, 0.6) is 0 Å². The van der Waals surface area contributed by atoms with Crippen molar-refractivity contribution in [1.29, 1.82) is 0 Å². The Morgan fingerprint density at radius 2 is 1.65 bits per heavy atom. The molecule has 2 atom stereocenters. The van der Waals surface area contributed by atoms with E-state index in [1.165, 1.54) is 12.5 Å². The van der Waals surface area contributed by atoms with Crippen LogP contribution in [0.4, 0.5) is 10.5 Å². The molecule has 0 heterocycles. The maximum absolute atomic E-state index is 12.6. The second-order valence-corrected chi connectivity index (χ2v) is 6.68. The SMILES string of the molecule is CC(=O)Nc1cccc([C@H](C)NC(=O)N(C)[C@@H](C)c2ccc(C)cc2)c1. The maximum atomic E-state index is 12.6. The molecule has 2 aromatic carbocycles. The number of hydrogen-bond donors (Lipinski definition) is 2. The van der Waals surface area contributed by atoms with Crippen molar-refractivity contribution in [3.8, 4) is 0 Å². The number of amides is 3. The van der Waals surface area contributed by atoms with E-state index in [4.69, 9.17) is 0 Å². The molecule has 0 spiro atoms. The van der Waals surface area contributed by atoms with Gasteiger partial charge >= 0.3 is 6.03 Å². The molecule has 0 saturated heterocycles. The highest BCUT2D eigenvalue weighted by Crippen LogP contribution is 2.21. The summed E-state index contributed by atoms with van der Waals surface area (Å²) in [5.41, 5.74) is 3.94. The van der Waals surface area contributed by atoms with Crippen molar-refractivity contribution in [2.45, 2.75) is 39.8 Å². The van der Waals surface area contributed by atoms with Crippen molar-refractivity contribution >= 4 is 17.6 Å². The topological polar surface area (TPSA) is 61.4 Å². The van der Waals surface area contributed by atoms with E-state index in [0.717, 1.165) is 16.8 Å². The number of hydrogen-bond acceptors (Lipinski definition) is 2. The molecule has 0 aliphatic carbocycles. The average Bonchev–Trinajstić information content (AvgIpc) is 2.60. The molecule has 5 heteroatoms. The summed E-state index contributed by atoms with van der Waals surface area (Å²) >= 11 is 0. The lowest BCUT2D eigenvalue weighted by Gasteiger charge is -2.27. The summed E-state index contributed by atoms with van der Waals surface area (Å²) in [6.45, 7) is 7.45. The molecule has 138 valence electrons. The second-order valence-electron chi connectivity index (χ2n) is 6.68. The Bertz CT molecular complexity index is 771. The Balaban J connectivity index is 2.03. The van der Waals surface area contributed by atoms with Crippen molar-refractivity contribution in [3.05, 3.63) is 65.2 Å². The predicted octanol–water partition coefficient (Wildman–Crippen LogP) is 4.42. The van der Waals surface area contributed by atoms with Crippen LogP contribution in [0.15, 0.2) is 48.5 Å². The van der Waals surface area contributed by atoms with Gasteiger partial charge < -0.3 is 15.5 Å². The Morgan fingerprint density at radius 3 is 2.27 bits per heavy atom. The van der Waals surface area contributed by atoms with Gasteiger partial charge in [0.05, 0.1) is 12.1 Å². The van der Waals surface area contributed by atoms with Crippen molar-refractivity contribution in [2.75, 3.05) is 12.4 Å². The number of nitrogens with one attached hydrogen (secondary N) is 2. The molecule has 0 aliphatic rings. The van der Waals surface area contributed by atoms with Gasteiger partial charge in [0.2, 0.25) is 5.91 Å². The molecule has 5 nitrogen and oxygen atoms in total. The van der Waals surface area contributed by atoms with Gasteiger partial charge in [-0.3, -0.25) is 4.79 Å². The Kier molecular flexibility index (Phi) is 6.39. The van der Waals surface area contributed by atoms with Crippen LogP contribution in [0.1, 0.15) is 49.5 Å². The molecule has 0 bridgehead atoms. The monoisotopic (exact) mass is 353 g/mol. The molecule has 26 heavy (non-hydrogen) atoms. The predicted molar refractivity (Wildman–Crippen MR) is 105 cm³/mol. The maximum Gasteiger partial charge on any atom is 0.318 e. The highest BCUT2D eigenvalue weighted by molar-refractivity contribution is 5.88.